The van der Waals surface area contributed by atoms with Gasteiger partial charge in [-0.05, 0) is 48.1 Å². The average Bonchev–Trinajstić information content (AvgIpc) is 2.87. The van der Waals surface area contributed by atoms with Crippen LogP contribution in [-0.2, 0) is 25.9 Å². The van der Waals surface area contributed by atoms with Gasteiger partial charge in [0.2, 0.25) is 0 Å². The summed E-state index contributed by atoms with van der Waals surface area (Å²) in [5, 5.41) is 3.45. The molecule has 0 fully saturated rings. The predicted molar refractivity (Wildman–Crippen MR) is 73.2 cm³/mol. The van der Waals surface area contributed by atoms with Gasteiger partial charge in [0.25, 0.3) is 0 Å². The fourth-order valence-corrected chi connectivity index (χ4v) is 2.57. The molecule has 0 bridgehead atoms. The number of benzene rings is 1. The average molecular weight is 238 g/mol. The van der Waals surface area contributed by atoms with Crippen molar-refractivity contribution in [1.29, 1.82) is 0 Å². The highest BCUT2D eigenvalue weighted by molar-refractivity contribution is 5.35. The molecule has 0 saturated carbocycles. The van der Waals surface area contributed by atoms with Gasteiger partial charge < -0.3 is 5.32 Å². The minimum absolute atomic E-state index is 0.831. The Hall–Kier alpha value is -1.67. The number of hydrogen-bond donors (Lipinski definition) is 1. The molecule has 2 heteroatoms. The van der Waals surface area contributed by atoms with Gasteiger partial charge in [-0.3, -0.25) is 4.98 Å². The van der Waals surface area contributed by atoms with E-state index in [0.717, 1.165) is 18.8 Å². The Balaban J connectivity index is 1.57. The van der Waals surface area contributed by atoms with Gasteiger partial charge in [0.1, 0.15) is 0 Å². The lowest BCUT2D eigenvalue weighted by Gasteiger charge is -2.06. The molecule has 1 aromatic heterocycles. The second-order valence-corrected chi connectivity index (χ2v) is 4.88. The summed E-state index contributed by atoms with van der Waals surface area (Å²) in [5.74, 6) is 0. The van der Waals surface area contributed by atoms with Crippen LogP contribution in [0.15, 0.2) is 42.6 Å². The van der Waals surface area contributed by atoms with Gasteiger partial charge in [0, 0.05) is 19.3 Å². The minimum Gasteiger partial charge on any atom is -0.307 e. The summed E-state index contributed by atoms with van der Waals surface area (Å²) < 4.78 is 0. The summed E-state index contributed by atoms with van der Waals surface area (Å²) in [7, 11) is 0. The van der Waals surface area contributed by atoms with Crippen LogP contribution in [-0.4, -0.2) is 4.98 Å². The van der Waals surface area contributed by atoms with Crippen LogP contribution in [0.5, 0.6) is 0 Å². The van der Waals surface area contributed by atoms with E-state index in [1.165, 1.54) is 24.8 Å². The van der Waals surface area contributed by atoms with E-state index in [9.17, 15) is 0 Å². The SMILES string of the molecule is c1ccc(CNCc2ccc3c(c2)CCC3)nc1. The number of rotatable bonds is 4. The number of pyridine rings is 1. The van der Waals surface area contributed by atoms with Crippen molar-refractivity contribution < 1.29 is 0 Å². The first-order valence-corrected chi connectivity index (χ1v) is 6.63. The van der Waals surface area contributed by atoms with Gasteiger partial charge in [-0.2, -0.15) is 0 Å². The second kappa shape index (κ2) is 5.32. The van der Waals surface area contributed by atoms with Crippen molar-refractivity contribution >= 4 is 0 Å². The van der Waals surface area contributed by atoms with Crippen molar-refractivity contribution in [3.63, 3.8) is 0 Å². The maximum atomic E-state index is 4.31. The molecule has 0 amide bonds. The third-order valence-electron chi connectivity index (χ3n) is 3.52. The molecule has 18 heavy (non-hydrogen) atoms. The van der Waals surface area contributed by atoms with Crippen LogP contribution in [0.1, 0.15) is 28.8 Å². The smallest absolute Gasteiger partial charge is 0.0541 e. The molecule has 3 rings (SSSR count). The molecule has 1 aliphatic rings. The van der Waals surface area contributed by atoms with Gasteiger partial charge >= 0.3 is 0 Å². The van der Waals surface area contributed by atoms with Gasteiger partial charge in [0.15, 0.2) is 0 Å². The zero-order valence-electron chi connectivity index (χ0n) is 10.5. The van der Waals surface area contributed by atoms with E-state index >= 15 is 0 Å². The second-order valence-electron chi connectivity index (χ2n) is 4.88. The van der Waals surface area contributed by atoms with Crippen molar-refractivity contribution in [2.24, 2.45) is 0 Å². The Labute approximate surface area is 108 Å². The normalized spacial score (nSPS) is 13.6. The minimum atomic E-state index is 0.831. The molecule has 0 saturated heterocycles. The summed E-state index contributed by atoms with van der Waals surface area (Å²) in [6.07, 6.45) is 5.67. The first-order valence-electron chi connectivity index (χ1n) is 6.63. The zero-order valence-corrected chi connectivity index (χ0v) is 10.5. The van der Waals surface area contributed by atoms with Crippen LogP contribution in [0.2, 0.25) is 0 Å². The molecule has 1 aliphatic carbocycles. The predicted octanol–water partition coefficient (Wildman–Crippen LogP) is 2.86. The lowest BCUT2D eigenvalue weighted by Crippen LogP contribution is -2.13. The molecule has 0 aliphatic heterocycles. The molecule has 1 N–H and O–H groups in total. The molecule has 92 valence electrons. The zero-order chi connectivity index (χ0) is 12.2. The highest BCUT2D eigenvalue weighted by Crippen LogP contribution is 2.22. The third-order valence-corrected chi connectivity index (χ3v) is 3.52. The molecular formula is C16H18N2. The van der Waals surface area contributed by atoms with E-state index < -0.39 is 0 Å². The Bertz CT molecular complexity index is 520. The topological polar surface area (TPSA) is 24.9 Å². The van der Waals surface area contributed by atoms with Crippen molar-refractivity contribution in [3.8, 4) is 0 Å². The Kier molecular flexibility index (Phi) is 3.37. The van der Waals surface area contributed by atoms with E-state index in [-0.39, 0.29) is 0 Å². The summed E-state index contributed by atoms with van der Waals surface area (Å²) in [4.78, 5) is 4.31. The molecular weight excluding hydrogens is 220 g/mol. The lowest BCUT2D eigenvalue weighted by molar-refractivity contribution is 0.679. The third kappa shape index (κ3) is 2.59. The van der Waals surface area contributed by atoms with Gasteiger partial charge in [-0.25, -0.2) is 0 Å². The highest BCUT2D eigenvalue weighted by Gasteiger charge is 2.10. The quantitative estimate of drug-likeness (QED) is 0.886. The largest absolute Gasteiger partial charge is 0.307 e. The summed E-state index contributed by atoms with van der Waals surface area (Å²) in [6, 6.07) is 12.9. The highest BCUT2D eigenvalue weighted by atomic mass is 14.9. The number of aromatic nitrogens is 1. The summed E-state index contributed by atoms with van der Waals surface area (Å²) >= 11 is 0. The molecule has 1 aromatic carbocycles. The summed E-state index contributed by atoms with van der Waals surface area (Å²) in [6.45, 7) is 1.75. The van der Waals surface area contributed by atoms with Gasteiger partial charge in [-0.1, -0.05) is 24.3 Å². The molecule has 2 nitrogen and oxygen atoms in total. The van der Waals surface area contributed by atoms with Crippen molar-refractivity contribution in [1.82, 2.24) is 10.3 Å². The molecule has 0 spiro atoms. The summed E-state index contributed by atoms with van der Waals surface area (Å²) in [5.41, 5.74) is 5.57. The molecule has 2 aromatic rings. The Morgan fingerprint density at radius 1 is 1.00 bits per heavy atom. The van der Waals surface area contributed by atoms with Crippen LogP contribution < -0.4 is 5.32 Å². The Morgan fingerprint density at radius 2 is 1.94 bits per heavy atom. The van der Waals surface area contributed by atoms with Crippen LogP contribution >= 0.6 is 0 Å². The van der Waals surface area contributed by atoms with Crippen LogP contribution in [0, 0.1) is 0 Å². The first kappa shape index (κ1) is 11.4. The number of hydrogen-bond acceptors (Lipinski definition) is 2. The first-order chi connectivity index (χ1) is 8.92. The van der Waals surface area contributed by atoms with Crippen molar-refractivity contribution in [2.75, 3.05) is 0 Å². The standard InChI is InChI=1S/C16H18N2/c1-2-9-18-16(6-1)12-17-11-13-7-8-14-4-3-5-15(14)10-13/h1-2,6-10,17H,3-5,11-12H2. The van der Waals surface area contributed by atoms with E-state index in [4.69, 9.17) is 0 Å². The number of aryl methyl sites for hydroxylation is 2. The van der Waals surface area contributed by atoms with Crippen LogP contribution in [0.4, 0.5) is 0 Å². The van der Waals surface area contributed by atoms with E-state index in [1.54, 1.807) is 11.1 Å². The Morgan fingerprint density at radius 3 is 2.83 bits per heavy atom. The fourth-order valence-electron chi connectivity index (χ4n) is 2.57. The van der Waals surface area contributed by atoms with E-state index in [2.05, 4.69) is 34.6 Å². The van der Waals surface area contributed by atoms with Crippen molar-refractivity contribution in [3.05, 3.63) is 65.0 Å². The van der Waals surface area contributed by atoms with Crippen LogP contribution in [0.3, 0.4) is 0 Å². The molecule has 0 atom stereocenters. The van der Waals surface area contributed by atoms with Gasteiger partial charge in [0.05, 0.1) is 5.69 Å². The van der Waals surface area contributed by atoms with Crippen LogP contribution in [0.25, 0.3) is 0 Å². The maximum Gasteiger partial charge on any atom is 0.0541 e. The molecule has 0 unspecified atom stereocenters. The lowest BCUT2D eigenvalue weighted by atomic mass is 10.1. The number of nitrogens with one attached hydrogen (secondary N) is 1. The monoisotopic (exact) mass is 238 g/mol. The van der Waals surface area contributed by atoms with Crippen molar-refractivity contribution in [2.45, 2.75) is 32.4 Å². The molecule has 0 radical (unpaired) electrons. The van der Waals surface area contributed by atoms with E-state index in [0.29, 0.717) is 0 Å². The number of fused-ring (bicyclic) bond motifs is 1. The maximum absolute atomic E-state index is 4.31. The molecule has 1 heterocycles. The van der Waals surface area contributed by atoms with E-state index in [1.807, 2.05) is 18.3 Å². The number of nitrogens with zero attached hydrogens (tertiary/aromatic N) is 1. The van der Waals surface area contributed by atoms with Gasteiger partial charge in [-0.15, -0.1) is 0 Å². The fraction of sp³-hybridized carbons (Fsp3) is 0.312.